The van der Waals surface area contributed by atoms with Gasteiger partial charge in [-0.15, -0.1) is 0 Å². The van der Waals surface area contributed by atoms with Crippen LogP contribution in [0.15, 0.2) is 34.9 Å². The zero-order valence-corrected chi connectivity index (χ0v) is 10.1. The molecule has 0 saturated carbocycles. The van der Waals surface area contributed by atoms with E-state index in [2.05, 4.69) is 4.98 Å². The molecule has 0 aliphatic rings. The van der Waals surface area contributed by atoms with Crippen LogP contribution < -0.4 is 0 Å². The van der Waals surface area contributed by atoms with Gasteiger partial charge in [-0.3, -0.25) is 0 Å². The fraction of sp³-hybridized carbons (Fsp3) is 0.167. The molecule has 6 heteroatoms. The second kappa shape index (κ2) is 5.66. The number of aromatic nitrogens is 1. The van der Waals surface area contributed by atoms with Crippen LogP contribution in [-0.4, -0.2) is 22.7 Å². The highest BCUT2D eigenvalue weighted by Crippen LogP contribution is 2.20. The van der Waals surface area contributed by atoms with E-state index in [4.69, 9.17) is 25.9 Å². The van der Waals surface area contributed by atoms with Crippen LogP contribution in [0, 0.1) is 0 Å². The fourth-order valence-corrected chi connectivity index (χ4v) is 1.47. The third kappa shape index (κ3) is 3.32. The molecule has 94 valence electrons. The van der Waals surface area contributed by atoms with E-state index in [0.717, 1.165) is 5.56 Å². The van der Waals surface area contributed by atoms with Gasteiger partial charge in [0.05, 0.1) is 6.61 Å². The topological polar surface area (TPSA) is 72.6 Å². The zero-order chi connectivity index (χ0) is 13.0. The Bertz CT molecular complexity index is 535. The van der Waals surface area contributed by atoms with Crippen molar-refractivity contribution in [3.63, 3.8) is 0 Å². The summed E-state index contributed by atoms with van der Waals surface area (Å²) in [5.74, 6) is -0.572. The average Bonchev–Trinajstić information content (AvgIpc) is 2.78. The van der Waals surface area contributed by atoms with E-state index in [9.17, 15) is 4.79 Å². The highest BCUT2D eigenvalue weighted by atomic mass is 35.5. The van der Waals surface area contributed by atoms with Crippen LogP contribution in [0.5, 0.6) is 0 Å². The largest absolute Gasteiger partial charge is 0.480 e. The first kappa shape index (κ1) is 12.6. The lowest BCUT2D eigenvalue weighted by Crippen LogP contribution is -2.06. The van der Waals surface area contributed by atoms with Gasteiger partial charge < -0.3 is 14.3 Å². The van der Waals surface area contributed by atoms with Crippen LogP contribution in [0.25, 0.3) is 11.5 Å². The molecule has 1 heterocycles. The molecule has 0 amide bonds. The highest BCUT2D eigenvalue weighted by Gasteiger charge is 2.07. The molecule has 0 bridgehead atoms. The summed E-state index contributed by atoms with van der Waals surface area (Å²) >= 11 is 5.78. The normalized spacial score (nSPS) is 10.5. The number of oxazole rings is 1. The van der Waals surface area contributed by atoms with Gasteiger partial charge in [0.15, 0.2) is 0 Å². The molecule has 0 radical (unpaired) electrons. The Morgan fingerprint density at radius 2 is 2.11 bits per heavy atom. The van der Waals surface area contributed by atoms with Crippen LogP contribution in [-0.2, 0) is 16.1 Å². The second-order valence-corrected chi connectivity index (χ2v) is 3.97. The molecule has 1 aromatic carbocycles. The Balaban J connectivity index is 2.01. The Morgan fingerprint density at radius 1 is 1.39 bits per heavy atom. The summed E-state index contributed by atoms with van der Waals surface area (Å²) in [7, 11) is 0. The summed E-state index contributed by atoms with van der Waals surface area (Å²) in [6.45, 7) is -0.257. The molecule has 2 aromatic rings. The molecule has 0 saturated heterocycles. The van der Waals surface area contributed by atoms with Crippen LogP contribution in [0.3, 0.4) is 0 Å². The first-order chi connectivity index (χ1) is 8.65. The smallest absolute Gasteiger partial charge is 0.329 e. The summed E-state index contributed by atoms with van der Waals surface area (Å²) in [5, 5.41) is 9.05. The lowest BCUT2D eigenvalue weighted by atomic mass is 10.2. The van der Waals surface area contributed by atoms with Crippen molar-refractivity contribution in [2.45, 2.75) is 6.61 Å². The number of hydrogen-bond donors (Lipinski definition) is 1. The molecular formula is C12H10ClNO4. The Kier molecular flexibility index (Phi) is 3.96. The molecule has 0 spiro atoms. The summed E-state index contributed by atoms with van der Waals surface area (Å²) in [5.41, 5.74) is 1.34. The van der Waals surface area contributed by atoms with E-state index < -0.39 is 5.97 Å². The van der Waals surface area contributed by atoms with Crippen molar-refractivity contribution in [2.24, 2.45) is 0 Å². The summed E-state index contributed by atoms with van der Waals surface area (Å²) < 4.78 is 10.2. The van der Waals surface area contributed by atoms with Gasteiger partial charge in [0.2, 0.25) is 5.89 Å². The first-order valence-corrected chi connectivity index (χ1v) is 5.53. The Hall–Kier alpha value is -1.85. The summed E-state index contributed by atoms with van der Waals surface area (Å²) in [6.07, 6.45) is 1.44. The Morgan fingerprint density at radius 3 is 2.78 bits per heavy atom. The molecule has 18 heavy (non-hydrogen) atoms. The van der Waals surface area contributed by atoms with E-state index in [0.29, 0.717) is 16.6 Å². The molecule has 0 fully saturated rings. The van der Waals surface area contributed by atoms with Gasteiger partial charge in [-0.05, 0) is 24.3 Å². The molecule has 1 N–H and O–H groups in total. The van der Waals surface area contributed by atoms with Crippen molar-refractivity contribution in [3.8, 4) is 11.5 Å². The van der Waals surface area contributed by atoms with Crippen LogP contribution in [0.2, 0.25) is 5.02 Å². The Labute approximate surface area is 108 Å². The van der Waals surface area contributed by atoms with Gasteiger partial charge >= 0.3 is 5.97 Å². The maximum atomic E-state index is 10.3. The van der Waals surface area contributed by atoms with Crippen LogP contribution >= 0.6 is 11.6 Å². The van der Waals surface area contributed by atoms with Gasteiger partial charge in [-0.1, -0.05) is 11.6 Å². The lowest BCUT2D eigenvalue weighted by molar-refractivity contribution is -0.142. The molecule has 2 rings (SSSR count). The van der Waals surface area contributed by atoms with Gasteiger partial charge in [0, 0.05) is 10.6 Å². The molecule has 0 atom stereocenters. The predicted molar refractivity (Wildman–Crippen MR) is 64.2 cm³/mol. The number of ether oxygens (including phenoxy) is 1. The minimum atomic E-state index is -1.02. The van der Waals surface area contributed by atoms with E-state index >= 15 is 0 Å². The number of rotatable bonds is 5. The van der Waals surface area contributed by atoms with E-state index in [1.807, 2.05) is 0 Å². The maximum absolute atomic E-state index is 10.3. The van der Waals surface area contributed by atoms with Crippen molar-refractivity contribution in [1.82, 2.24) is 4.98 Å². The van der Waals surface area contributed by atoms with Crippen LogP contribution in [0.4, 0.5) is 0 Å². The maximum Gasteiger partial charge on any atom is 0.329 e. The number of aliphatic carboxylic acids is 1. The summed E-state index contributed by atoms with van der Waals surface area (Å²) in [6, 6.07) is 7.05. The number of carboxylic acid groups (broad SMARTS) is 1. The van der Waals surface area contributed by atoms with Crippen molar-refractivity contribution >= 4 is 17.6 Å². The number of halogens is 1. The van der Waals surface area contributed by atoms with E-state index in [1.54, 1.807) is 24.3 Å². The molecule has 0 unspecified atom stereocenters. The lowest BCUT2D eigenvalue weighted by Gasteiger charge is -1.96. The number of carboxylic acids is 1. The molecule has 5 nitrogen and oxygen atoms in total. The van der Waals surface area contributed by atoms with Gasteiger partial charge in [0.25, 0.3) is 0 Å². The van der Waals surface area contributed by atoms with E-state index in [1.165, 1.54) is 6.26 Å². The van der Waals surface area contributed by atoms with Gasteiger partial charge in [-0.2, -0.15) is 0 Å². The average molecular weight is 268 g/mol. The standard InChI is InChI=1S/C12H10ClNO4/c13-9-3-1-8(2-4-9)12-14-10(6-18-12)5-17-7-11(15)16/h1-4,6H,5,7H2,(H,15,16). The monoisotopic (exact) mass is 267 g/mol. The second-order valence-electron chi connectivity index (χ2n) is 3.54. The molecular weight excluding hydrogens is 258 g/mol. The van der Waals surface area contributed by atoms with Crippen molar-refractivity contribution in [1.29, 1.82) is 0 Å². The molecule has 0 aliphatic carbocycles. The summed E-state index contributed by atoms with van der Waals surface area (Å²) in [4.78, 5) is 14.4. The van der Waals surface area contributed by atoms with Crippen molar-refractivity contribution in [2.75, 3.05) is 6.61 Å². The first-order valence-electron chi connectivity index (χ1n) is 5.15. The highest BCUT2D eigenvalue weighted by molar-refractivity contribution is 6.30. The zero-order valence-electron chi connectivity index (χ0n) is 9.30. The number of carbonyl (C=O) groups is 1. The van der Waals surface area contributed by atoms with Crippen LogP contribution in [0.1, 0.15) is 5.69 Å². The minimum Gasteiger partial charge on any atom is -0.480 e. The SMILES string of the molecule is O=C(O)COCc1coc(-c2ccc(Cl)cc2)n1. The fourth-order valence-electron chi connectivity index (χ4n) is 1.34. The number of benzene rings is 1. The van der Waals surface area contributed by atoms with Crippen molar-refractivity contribution < 1.29 is 19.1 Å². The quantitative estimate of drug-likeness (QED) is 0.901. The number of hydrogen-bond acceptors (Lipinski definition) is 4. The third-order valence-corrected chi connectivity index (χ3v) is 2.37. The number of nitrogens with zero attached hydrogens (tertiary/aromatic N) is 1. The molecule has 0 aliphatic heterocycles. The van der Waals surface area contributed by atoms with E-state index in [-0.39, 0.29) is 13.2 Å². The van der Waals surface area contributed by atoms with Gasteiger partial charge in [0.1, 0.15) is 18.6 Å². The minimum absolute atomic E-state index is 0.101. The van der Waals surface area contributed by atoms with Crippen molar-refractivity contribution in [3.05, 3.63) is 41.2 Å². The molecule has 1 aromatic heterocycles. The van der Waals surface area contributed by atoms with Gasteiger partial charge in [-0.25, -0.2) is 9.78 Å². The third-order valence-electron chi connectivity index (χ3n) is 2.12. The predicted octanol–water partition coefficient (Wildman–Crippen LogP) is 2.60.